The second-order valence-electron chi connectivity index (χ2n) is 4.15. The zero-order valence-corrected chi connectivity index (χ0v) is 12.9. The molecule has 110 valence electrons. The molecule has 20 heavy (non-hydrogen) atoms. The van der Waals surface area contributed by atoms with Crippen molar-refractivity contribution in [3.8, 4) is 6.07 Å². The van der Waals surface area contributed by atoms with E-state index in [1.165, 1.54) is 28.6 Å². The molecule has 0 saturated carbocycles. The smallest absolute Gasteiger partial charge is 0.224 e. The fourth-order valence-corrected chi connectivity index (χ4v) is 3.71. The van der Waals surface area contributed by atoms with Crippen LogP contribution in [0.5, 0.6) is 0 Å². The molecule has 0 amide bonds. The molecule has 0 spiro atoms. The Kier molecular flexibility index (Phi) is 5.28. The van der Waals surface area contributed by atoms with Crippen LogP contribution in [0.15, 0.2) is 34.1 Å². The molecule has 1 aromatic rings. The van der Waals surface area contributed by atoms with Crippen molar-refractivity contribution >= 4 is 19.9 Å². The van der Waals surface area contributed by atoms with Crippen molar-refractivity contribution in [3.63, 3.8) is 0 Å². The third kappa shape index (κ3) is 3.79. The average Bonchev–Trinajstić information content (AvgIpc) is 2.38. The molecule has 1 rings (SSSR count). The lowest BCUT2D eigenvalue weighted by molar-refractivity contribution is 0.435. The van der Waals surface area contributed by atoms with Crippen LogP contribution in [0.25, 0.3) is 0 Å². The molecule has 1 aromatic carbocycles. The minimum atomic E-state index is -3.70. The molecular formula is C12H16N2O4S2. The van der Waals surface area contributed by atoms with Crippen molar-refractivity contribution in [3.05, 3.63) is 24.3 Å². The highest BCUT2D eigenvalue weighted by molar-refractivity contribution is 7.90. The third-order valence-corrected chi connectivity index (χ3v) is 5.83. The van der Waals surface area contributed by atoms with Gasteiger partial charge in [-0.1, -0.05) is 6.92 Å². The third-order valence-electron chi connectivity index (χ3n) is 2.72. The van der Waals surface area contributed by atoms with Gasteiger partial charge in [-0.15, -0.1) is 0 Å². The maximum absolute atomic E-state index is 12.3. The van der Waals surface area contributed by atoms with Crippen LogP contribution in [0.1, 0.15) is 13.3 Å². The van der Waals surface area contributed by atoms with Crippen LogP contribution in [-0.4, -0.2) is 40.5 Å². The van der Waals surface area contributed by atoms with Crippen LogP contribution in [0.3, 0.4) is 0 Å². The predicted octanol–water partition coefficient (Wildman–Crippen LogP) is 1.01. The second kappa shape index (κ2) is 6.35. The molecule has 0 radical (unpaired) electrons. The van der Waals surface area contributed by atoms with E-state index in [0.717, 1.165) is 6.26 Å². The molecule has 8 heteroatoms. The van der Waals surface area contributed by atoms with Crippen LogP contribution in [-0.2, 0) is 19.9 Å². The molecule has 0 atom stereocenters. The molecule has 0 aliphatic heterocycles. The van der Waals surface area contributed by atoms with E-state index < -0.39 is 19.9 Å². The number of sulfone groups is 1. The first-order valence-corrected chi connectivity index (χ1v) is 9.24. The van der Waals surface area contributed by atoms with Gasteiger partial charge in [-0.2, -0.15) is 9.57 Å². The number of hydrogen-bond donors (Lipinski definition) is 0. The maximum atomic E-state index is 12.3. The Bertz CT molecular complexity index is 701. The Balaban J connectivity index is 3.13. The lowest BCUT2D eigenvalue weighted by Crippen LogP contribution is -2.31. The first kappa shape index (κ1) is 16.6. The summed E-state index contributed by atoms with van der Waals surface area (Å²) in [7, 11) is -7.05. The number of nitrogens with zero attached hydrogens (tertiary/aromatic N) is 2. The molecule has 0 fully saturated rings. The topological polar surface area (TPSA) is 95.3 Å². The molecular weight excluding hydrogens is 300 g/mol. The van der Waals surface area contributed by atoms with Gasteiger partial charge in [0.2, 0.25) is 10.0 Å². The Labute approximate surface area is 119 Å². The van der Waals surface area contributed by atoms with E-state index in [0.29, 0.717) is 0 Å². The molecule has 0 N–H and O–H groups in total. The summed E-state index contributed by atoms with van der Waals surface area (Å²) in [4.78, 5) is 0.0845. The Morgan fingerprint density at radius 2 is 1.60 bits per heavy atom. The summed E-state index contributed by atoms with van der Waals surface area (Å²) in [6.07, 6.45) is 1.16. The summed E-state index contributed by atoms with van der Waals surface area (Å²) >= 11 is 0. The van der Waals surface area contributed by atoms with Crippen LogP contribution in [0.4, 0.5) is 0 Å². The lowest BCUT2D eigenvalue weighted by Gasteiger charge is -2.19. The molecule has 0 aromatic heterocycles. The highest BCUT2D eigenvalue weighted by atomic mass is 32.2. The number of nitriles is 1. The van der Waals surface area contributed by atoms with Crippen molar-refractivity contribution in [2.24, 2.45) is 0 Å². The van der Waals surface area contributed by atoms with Gasteiger partial charge < -0.3 is 0 Å². The van der Waals surface area contributed by atoms with Crippen LogP contribution in [0, 0.1) is 11.3 Å². The van der Waals surface area contributed by atoms with E-state index in [4.69, 9.17) is 5.26 Å². The van der Waals surface area contributed by atoms with E-state index >= 15 is 0 Å². The van der Waals surface area contributed by atoms with Gasteiger partial charge in [-0.3, -0.25) is 0 Å². The van der Waals surface area contributed by atoms with Crippen LogP contribution in [0.2, 0.25) is 0 Å². The van der Waals surface area contributed by atoms with Crippen molar-refractivity contribution in [1.29, 1.82) is 5.26 Å². The van der Waals surface area contributed by atoms with Gasteiger partial charge in [-0.05, 0) is 24.3 Å². The molecule has 0 aliphatic carbocycles. The quantitative estimate of drug-likeness (QED) is 0.780. The summed E-state index contributed by atoms with van der Waals surface area (Å²) < 4.78 is 48.4. The zero-order valence-electron chi connectivity index (χ0n) is 11.3. The summed E-state index contributed by atoms with van der Waals surface area (Å²) in [6, 6.07) is 6.96. The normalized spacial score (nSPS) is 12.3. The van der Waals surface area contributed by atoms with E-state index in [-0.39, 0.29) is 29.3 Å². The predicted molar refractivity (Wildman–Crippen MR) is 74.2 cm³/mol. The standard InChI is InChI=1S/C12H16N2O4S2/c1-3-14(10-4-9-13)20(17,18)12-7-5-11(6-8-12)19(2,15)16/h5-8H,3-4,10H2,1-2H3. The van der Waals surface area contributed by atoms with E-state index in [2.05, 4.69) is 0 Å². The molecule has 0 bridgehead atoms. The van der Waals surface area contributed by atoms with Gasteiger partial charge >= 0.3 is 0 Å². The van der Waals surface area contributed by atoms with Crippen molar-refractivity contribution in [2.45, 2.75) is 23.1 Å². The highest BCUT2D eigenvalue weighted by Crippen LogP contribution is 2.18. The van der Waals surface area contributed by atoms with E-state index in [1.807, 2.05) is 6.07 Å². The SMILES string of the molecule is CCN(CCC#N)S(=O)(=O)c1ccc(S(C)(=O)=O)cc1. The largest absolute Gasteiger partial charge is 0.243 e. The van der Waals surface area contributed by atoms with E-state index in [9.17, 15) is 16.8 Å². The van der Waals surface area contributed by atoms with Crippen molar-refractivity contribution in [1.82, 2.24) is 4.31 Å². The van der Waals surface area contributed by atoms with Crippen LogP contribution >= 0.6 is 0 Å². The van der Waals surface area contributed by atoms with Crippen molar-refractivity contribution in [2.75, 3.05) is 19.3 Å². The fraction of sp³-hybridized carbons (Fsp3) is 0.417. The summed E-state index contributed by atoms with van der Waals surface area (Å²) in [5.74, 6) is 0. The molecule has 0 saturated heterocycles. The molecule has 0 unspecified atom stereocenters. The molecule has 6 nitrogen and oxygen atoms in total. The number of hydrogen-bond acceptors (Lipinski definition) is 5. The maximum Gasteiger partial charge on any atom is 0.243 e. The molecule has 0 aliphatic rings. The number of sulfonamides is 1. The fourth-order valence-electron chi connectivity index (χ4n) is 1.63. The van der Waals surface area contributed by atoms with Crippen molar-refractivity contribution < 1.29 is 16.8 Å². The monoisotopic (exact) mass is 316 g/mol. The summed E-state index contributed by atoms with van der Waals surface area (Å²) in [6.45, 7) is 2.04. The van der Waals surface area contributed by atoms with Gasteiger partial charge in [0.15, 0.2) is 9.84 Å². The van der Waals surface area contributed by atoms with Gasteiger partial charge in [-0.25, -0.2) is 16.8 Å². The average molecular weight is 316 g/mol. The van der Waals surface area contributed by atoms with Gasteiger partial charge in [0.1, 0.15) is 0 Å². The lowest BCUT2D eigenvalue weighted by atomic mass is 10.4. The molecule has 0 heterocycles. The van der Waals surface area contributed by atoms with E-state index in [1.54, 1.807) is 6.92 Å². The van der Waals surface area contributed by atoms with Crippen LogP contribution < -0.4 is 0 Å². The van der Waals surface area contributed by atoms with Gasteiger partial charge in [0.05, 0.1) is 15.9 Å². The summed E-state index contributed by atoms with van der Waals surface area (Å²) in [5.41, 5.74) is 0. The highest BCUT2D eigenvalue weighted by Gasteiger charge is 2.23. The van der Waals surface area contributed by atoms with Gasteiger partial charge in [0.25, 0.3) is 0 Å². The second-order valence-corrected chi connectivity index (χ2v) is 8.10. The Morgan fingerprint density at radius 1 is 1.10 bits per heavy atom. The minimum absolute atomic E-state index is 0.0182. The van der Waals surface area contributed by atoms with Gasteiger partial charge in [0, 0.05) is 25.8 Å². The first-order chi connectivity index (χ1) is 9.23. The summed E-state index contributed by atoms with van der Waals surface area (Å²) in [5, 5.41) is 8.53. The number of benzene rings is 1. The zero-order chi connectivity index (χ0) is 15.4. The Hall–Kier alpha value is -1.43. The Morgan fingerprint density at radius 3 is 2.00 bits per heavy atom. The minimum Gasteiger partial charge on any atom is -0.224 e. The number of rotatable bonds is 6. The first-order valence-electron chi connectivity index (χ1n) is 5.90.